The molecule has 0 radical (unpaired) electrons. The lowest BCUT2D eigenvalue weighted by Gasteiger charge is -2.16. The van der Waals surface area contributed by atoms with Crippen LogP contribution in [-0.2, 0) is 16.0 Å². The molecule has 0 aromatic heterocycles. The van der Waals surface area contributed by atoms with Crippen LogP contribution in [0.3, 0.4) is 0 Å². The maximum Gasteiger partial charge on any atom is 0.323 e. The van der Waals surface area contributed by atoms with Gasteiger partial charge in [0.05, 0.1) is 7.11 Å². The van der Waals surface area contributed by atoms with Crippen LogP contribution in [0.25, 0.3) is 0 Å². The highest BCUT2D eigenvalue weighted by Gasteiger charge is 2.18. The van der Waals surface area contributed by atoms with Gasteiger partial charge in [-0.2, -0.15) is 11.8 Å². The van der Waals surface area contributed by atoms with Crippen LogP contribution in [0.2, 0.25) is 0 Å². The second kappa shape index (κ2) is 8.14. The van der Waals surface area contributed by atoms with Crippen LogP contribution in [0.4, 0.5) is 0 Å². The maximum absolute atomic E-state index is 11.6. The molecule has 1 aromatic carbocycles. The zero-order valence-electron chi connectivity index (χ0n) is 10.3. The van der Waals surface area contributed by atoms with E-state index in [1.807, 2.05) is 36.6 Å². The molecular formula is C13H19NO2S. The van der Waals surface area contributed by atoms with Crippen molar-refractivity contribution in [3.05, 3.63) is 35.9 Å². The molecule has 0 unspecified atom stereocenters. The van der Waals surface area contributed by atoms with Gasteiger partial charge in [-0.1, -0.05) is 30.3 Å². The minimum Gasteiger partial charge on any atom is -0.468 e. The number of hydrogen-bond donors (Lipinski definition) is 1. The third-order valence-electron chi connectivity index (χ3n) is 2.47. The van der Waals surface area contributed by atoms with E-state index >= 15 is 0 Å². The number of ether oxygens (including phenoxy) is 1. The lowest BCUT2D eigenvalue weighted by molar-refractivity contribution is -0.143. The summed E-state index contributed by atoms with van der Waals surface area (Å²) in [6.07, 6.45) is 2.72. The summed E-state index contributed by atoms with van der Waals surface area (Å²) < 4.78 is 4.81. The number of esters is 1. The predicted octanol–water partition coefficient (Wildman–Crippen LogP) is 1.72. The molecule has 1 N–H and O–H groups in total. The van der Waals surface area contributed by atoms with Gasteiger partial charge < -0.3 is 10.1 Å². The number of thioether (sulfide) groups is 1. The third-order valence-corrected chi connectivity index (χ3v) is 3.08. The fourth-order valence-electron chi connectivity index (χ4n) is 1.57. The van der Waals surface area contributed by atoms with E-state index in [0.717, 1.165) is 17.9 Å². The monoisotopic (exact) mass is 253 g/mol. The molecular weight excluding hydrogens is 234 g/mol. The summed E-state index contributed by atoms with van der Waals surface area (Å²) in [5.74, 6) is 0.789. The quantitative estimate of drug-likeness (QED) is 0.593. The molecule has 0 fully saturated rings. The maximum atomic E-state index is 11.6. The minimum absolute atomic E-state index is 0.199. The van der Waals surface area contributed by atoms with E-state index in [0.29, 0.717) is 6.42 Å². The van der Waals surface area contributed by atoms with E-state index in [2.05, 4.69) is 5.32 Å². The fourth-order valence-corrected chi connectivity index (χ4v) is 1.89. The first kappa shape index (κ1) is 14.1. The van der Waals surface area contributed by atoms with E-state index < -0.39 is 0 Å². The van der Waals surface area contributed by atoms with Crippen molar-refractivity contribution < 1.29 is 9.53 Å². The second-order valence-electron chi connectivity index (χ2n) is 3.71. The number of rotatable bonds is 7. The molecule has 0 bridgehead atoms. The first-order chi connectivity index (χ1) is 8.27. The Morgan fingerprint density at radius 3 is 2.71 bits per heavy atom. The number of carbonyl (C=O) groups excluding carboxylic acids is 1. The molecule has 0 aliphatic heterocycles. The van der Waals surface area contributed by atoms with Crippen molar-refractivity contribution in [3.8, 4) is 0 Å². The van der Waals surface area contributed by atoms with Gasteiger partial charge in [0.15, 0.2) is 0 Å². The van der Waals surface area contributed by atoms with E-state index in [1.54, 1.807) is 11.8 Å². The molecule has 0 spiro atoms. The Morgan fingerprint density at radius 1 is 1.41 bits per heavy atom. The number of nitrogens with one attached hydrogen (secondary N) is 1. The summed E-state index contributed by atoms with van der Waals surface area (Å²) >= 11 is 1.75. The molecule has 3 nitrogen and oxygen atoms in total. The minimum atomic E-state index is -0.255. The van der Waals surface area contributed by atoms with Gasteiger partial charge in [-0.3, -0.25) is 4.79 Å². The Morgan fingerprint density at radius 2 is 2.12 bits per heavy atom. The van der Waals surface area contributed by atoms with Gasteiger partial charge in [0.25, 0.3) is 0 Å². The SMILES string of the molecule is COC(=O)[C@H](Cc1ccccc1)NCCSC. The summed E-state index contributed by atoms with van der Waals surface area (Å²) in [6, 6.07) is 9.71. The number of carbonyl (C=O) groups is 1. The molecule has 0 aliphatic carbocycles. The smallest absolute Gasteiger partial charge is 0.323 e. The molecule has 0 saturated heterocycles. The van der Waals surface area contributed by atoms with Crippen LogP contribution in [0, 0.1) is 0 Å². The lowest BCUT2D eigenvalue weighted by atomic mass is 10.1. The van der Waals surface area contributed by atoms with Crippen molar-refractivity contribution in [1.29, 1.82) is 0 Å². The molecule has 4 heteroatoms. The summed E-state index contributed by atoms with van der Waals surface area (Å²) in [5, 5.41) is 3.22. The van der Waals surface area contributed by atoms with Crippen molar-refractivity contribution in [2.45, 2.75) is 12.5 Å². The molecule has 17 heavy (non-hydrogen) atoms. The molecule has 0 aliphatic rings. The Bertz CT molecular complexity index is 329. The average molecular weight is 253 g/mol. The van der Waals surface area contributed by atoms with Crippen LogP contribution >= 0.6 is 11.8 Å². The first-order valence-electron chi connectivity index (χ1n) is 5.62. The first-order valence-corrected chi connectivity index (χ1v) is 7.01. The van der Waals surface area contributed by atoms with Gasteiger partial charge in [-0.15, -0.1) is 0 Å². The Balaban J connectivity index is 2.54. The average Bonchev–Trinajstić information content (AvgIpc) is 2.38. The van der Waals surface area contributed by atoms with Crippen molar-refractivity contribution in [2.75, 3.05) is 25.7 Å². The largest absolute Gasteiger partial charge is 0.468 e. The van der Waals surface area contributed by atoms with Crippen LogP contribution < -0.4 is 5.32 Å². The Hall–Kier alpha value is -1.00. The molecule has 1 aromatic rings. The molecule has 94 valence electrons. The van der Waals surface area contributed by atoms with E-state index in [4.69, 9.17) is 4.74 Å². The van der Waals surface area contributed by atoms with Crippen LogP contribution in [0.15, 0.2) is 30.3 Å². The van der Waals surface area contributed by atoms with Gasteiger partial charge >= 0.3 is 5.97 Å². The Kier molecular flexibility index (Phi) is 6.74. The third kappa shape index (κ3) is 5.24. The molecule has 1 rings (SSSR count). The normalized spacial score (nSPS) is 12.1. The van der Waals surface area contributed by atoms with Crippen molar-refractivity contribution in [3.63, 3.8) is 0 Å². The van der Waals surface area contributed by atoms with Crippen molar-refractivity contribution in [1.82, 2.24) is 5.32 Å². The van der Waals surface area contributed by atoms with E-state index in [1.165, 1.54) is 7.11 Å². The molecule has 0 amide bonds. The summed E-state index contributed by atoms with van der Waals surface area (Å²) in [4.78, 5) is 11.6. The topological polar surface area (TPSA) is 38.3 Å². The van der Waals surface area contributed by atoms with Crippen LogP contribution in [-0.4, -0.2) is 37.7 Å². The lowest BCUT2D eigenvalue weighted by Crippen LogP contribution is -2.40. The van der Waals surface area contributed by atoms with E-state index in [9.17, 15) is 4.79 Å². The summed E-state index contributed by atoms with van der Waals surface area (Å²) in [5.41, 5.74) is 1.14. The van der Waals surface area contributed by atoms with Gasteiger partial charge in [0, 0.05) is 12.3 Å². The zero-order chi connectivity index (χ0) is 12.5. The standard InChI is InChI=1S/C13H19NO2S/c1-16-13(15)12(14-8-9-17-2)10-11-6-4-3-5-7-11/h3-7,12,14H,8-10H2,1-2H3/t12-/m0/s1. The van der Waals surface area contributed by atoms with Crippen LogP contribution in [0.5, 0.6) is 0 Å². The van der Waals surface area contributed by atoms with Crippen molar-refractivity contribution in [2.24, 2.45) is 0 Å². The highest BCUT2D eigenvalue weighted by molar-refractivity contribution is 7.98. The van der Waals surface area contributed by atoms with Gasteiger partial charge in [-0.05, 0) is 18.2 Å². The second-order valence-corrected chi connectivity index (χ2v) is 4.70. The van der Waals surface area contributed by atoms with Crippen LogP contribution in [0.1, 0.15) is 5.56 Å². The predicted molar refractivity (Wildman–Crippen MR) is 72.3 cm³/mol. The molecule has 0 saturated carbocycles. The Labute approximate surface area is 107 Å². The fraction of sp³-hybridized carbons (Fsp3) is 0.462. The van der Waals surface area contributed by atoms with Gasteiger partial charge in [0.1, 0.15) is 6.04 Å². The number of hydrogen-bond acceptors (Lipinski definition) is 4. The van der Waals surface area contributed by atoms with Gasteiger partial charge in [0.2, 0.25) is 0 Å². The van der Waals surface area contributed by atoms with E-state index in [-0.39, 0.29) is 12.0 Å². The number of benzene rings is 1. The molecule has 1 atom stereocenters. The van der Waals surface area contributed by atoms with Crippen molar-refractivity contribution >= 4 is 17.7 Å². The highest BCUT2D eigenvalue weighted by atomic mass is 32.2. The number of methoxy groups -OCH3 is 1. The molecule has 0 heterocycles. The van der Waals surface area contributed by atoms with Gasteiger partial charge in [-0.25, -0.2) is 0 Å². The summed E-state index contributed by atoms with van der Waals surface area (Å²) in [7, 11) is 1.43. The highest BCUT2D eigenvalue weighted by Crippen LogP contribution is 2.04. The summed E-state index contributed by atoms with van der Waals surface area (Å²) in [6.45, 7) is 0.813. The zero-order valence-corrected chi connectivity index (χ0v) is 11.1.